The minimum atomic E-state index is -2.18. The van der Waals surface area contributed by atoms with Gasteiger partial charge in [-0.2, -0.15) is 0 Å². The summed E-state index contributed by atoms with van der Waals surface area (Å²) in [4.78, 5) is 25.8. The molecule has 172 valence electrons. The number of aryl methyl sites for hydroxylation is 2. The third-order valence-electron chi connectivity index (χ3n) is 5.23. The number of amides is 1. The second kappa shape index (κ2) is 10.3. The van der Waals surface area contributed by atoms with Crippen LogP contribution in [0.3, 0.4) is 0 Å². The van der Waals surface area contributed by atoms with Crippen LogP contribution in [0.1, 0.15) is 27.0 Å². The zero-order valence-corrected chi connectivity index (χ0v) is 19.4. The van der Waals surface area contributed by atoms with Crippen molar-refractivity contribution in [3.8, 4) is 11.3 Å². The number of carbonyl (C=O) groups is 1. The summed E-state index contributed by atoms with van der Waals surface area (Å²) in [6.45, 7) is 3.73. The number of nitrogens with one attached hydrogen (secondary N) is 2. The molecule has 2 N–H and O–H groups in total. The number of pyridine rings is 1. The Balaban J connectivity index is 1.51. The predicted octanol–water partition coefficient (Wildman–Crippen LogP) is 4.53. The average Bonchev–Trinajstić information content (AvgIpc) is 2.83. The summed E-state index contributed by atoms with van der Waals surface area (Å²) in [5.41, 5.74) is 5.80. The van der Waals surface area contributed by atoms with Crippen LogP contribution in [0.4, 0.5) is 17.3 Å². The average molecular weight is 473 g/mol. The quantitative estimate of drug-likeness (QED) is 0.379. The second-order valence-electron chi connectivity index (χ2n) is 7.71. The van der Waals surface area contributed by atoms with Crippen molar-refractivity contribution in [3.63, 3.8) is 0 Å². The van der Waals surface area contributed by atoms with Crippen molar-refractivity contribution in [2.45, 2.75) is 19.6 Å². The van der Waals surface area contributed by atoms with Crippen LogP contribution in [0.25, 0.3) is 11.3 Å². The normalized spacial score (nSPS) is 11.6. The Kier molecular flexibility index (Phi) is 7.05. The highest BCUT2D eigenvalue weighted by molar-refractivity contribution is 7.78. The monoisotopic (exact) mass is 472 g/mol. The maximum Gasteiger partial charge on any atom is 0.255 e. The molecule has 4 aromatic rings. The fourth-order valence-corrected chi connectivity index (χ4v) is 3.96. The van der Waals surface area contributed by atoms with Gasteiger partial charge >= 0.3 is 0 Å². The molecule has 34 heavy (non-hydrogen) atoms. The number of carbonyl (C=O) groups excluding carboxylic acids is 1. The molecule has 0 radical (unpaired) electrons. The minimum absolute atomic E-state index is 0.0786. The molecule has 0 saturated carbocycles. The van der Waals surface area contributed by atoms with E-state index in [1.54, 1.807) is 43.7 Å². The summed E-state index contributed by atoms with van der Waals surface area (Å²) >= 11 is -2.18. The van der Waals surface area contributed by atoms with E-state index in [0.717, 1.165) is 28.1 Å². The smallest absolute Gasteiger partial charge is 0.255 e. The molecule has 4 rings (SSSR count). The molecule has 1 atom stereocenters. The largest absolute Gasteiger partial charge is 0.772 e. The highest BCUT2D eigenvalue weighted by Gasteiger charge is 2.11. The van der Waals surface area contributed by atoms with Gasteiger partial charge in [0, 0.05) is 46.8 Å². The van der Waals surface area contributed by atoms with Gasteiger partial charge in [0.2, 0.25) is 5.95 Å². The van der Waals surface area contributed by atoms with Crippen molar-refractivity contribution >= 4 is 34.3 Å². The number of rotatable bonds is 7. The van der Waals surface area contributed by atoms with E-state index in [9.17, 15) is 13.6 Å². The Hall–Kier alpha value is -3.95. The first-order valence-electron chi connectivity index (χ1n) is 10.5. The van der Waals surface area contributed by atoms with Gasteiger partial charge in [0.1, 0.15) is 0 Å². The van der Waals surface area contributed by atoms with Crippen LogP contribution in [0, 0.1) is 13.8 Å². The lowest BCUT2D eigenvalue weighted by molar-refractivity contribution is 0.102. The van der Waals surface area contributed by atoms with Gasteiger partial charge in [0.15, 0.2) is 0 Å². The Labute approximate surface area is 199 Å². The van der Waals surface area contributed by atoms with E-state index >= 15 is 0 Å². The number of anilines is 3. The Morgan fingerprint density at radius 2 is 1.88 bits per heavy atom. The van der Waals surface area contributed by atoms with Crippen molar-refractivity contribution < 1.29 is 13.6 Å². The standard InChI is InChI=1S/C25H23N5O3S/c1-16-5-8-21(28-24(31)18-6-7-20(15-34(32)33)17(2)12-18)13-23(16)30-25-27-11-9-22(29-25)19-4-3-10-26-14-19/h3-14H,15H2,1-2H3,(H,28,31)(H,32,33)(H,27,29,30)/p-1. The van der Waals surface area contributed by atoms with Gasteiger partial charge in [-0.1, -0.05) is 23.2 Å². The zero-order chi connectivity index (χ0) is 24.1. The van der Waals surface area contributed by atoms with Crippen LogP contribution in [-0.2, 0) is 16.8 Å². The first-order valence-corrected chi connectivity index (χ1v) is 11.7. The van der Waals surface area contributed by atoms with Crippen molar-refractivity contribution in [1.82, 2.24) is 15.0 Å². The molecule has 2 heterocycles. The highest BCUT2D eigenvalue weighted by atomic mass is 32.2. The molecule has 1 unspecified atom stereocenters. The molecular weight excluding hydrogens is 450 g/mol. The van der Waals surface area contributed by atoms with E-state index in [-0.39, 0.29) is 11.7 Å². The summed E-state index contributed by atoms with van der Waals surface area (Å²) in [6, 6.07) is 16.1. The fourth-order valence-electron chi connectivity index (χ4n) is 3.38. The number of hydrogen-bond acceptors (Lipinski definition) is 7. The summed E-state index contributed by atoms with van der Waals surface area (Å²) in [5, 5.41) is 6.10. The third-order valence-corrected chi connectivity index (χ3v) is 5.78. The number of benzene rings is 2. The van der Waals surface area contributed by atoms with Crippen molar-refractivity contribution in [1.29, 1.82) is 0 Å². The molecule has 0 bridgehead atoms. The summed E-state index contributed by atoms with van der Waals surface area (Å²) in [6.07, 6.45) is 5.12. The van der Waals surface area contributed by atoms with Crippen LogP contribution in [0.15, 0.2) is 73.2 Å². The third kappa shape index (κ3) is 5.69. The topological polar surface area (TPSA) is 120 Å². The molecule has 2 aromatic heterocycles. The number of nitrogens with zero attached hydrogens (tertiary/aromatic N) is 3. The predicted molar refractivity (Wildman–Crippen MR) is 131 cm³/mol. The SMILES string of the molecule is Cc1cc(C(=O)Nc2ccc(C)c(Nc3nccc(-c4cccnc4)n3)c2)ccc1CS(=O)[O-]. The maximum absolute atomic E-state index is 12.8. The van der Waals surface area contributed by atoms with Gasteiger partial charge in [-0.15, -0.1) is 0 Å². The van der Waals surface area contributed by atoms with E-state index in [1.165, 1.54) is 0 Å². The van der Waals surface area contributed by atoms with Crippen molar-refractivity contribution in [3.05, 3.63) is 95.4 Å². The van der Waals surface area contributed by atoms with Gasteiger partial charge < -0.3 is 15.2 Å². The Morgan fingerprint density at radius 3 is 2.62 bits per heavy atom. The fraction of sp³-hybridized carbons (Fsp3) is 0.120. The molecule has 9 heteroatoms. The van der Waals surface area contributed by atoms with Crippen molar-refractivity contribution in [2.24, 2.45) is 0 Å². The number of aromatic nitrogens is 3. The van der Waals surface area contributed by atoms with E-state index in [1.807, 2.05) is 43.3 Å². The molecule has 0 saturated heterocycles. The van der Waals surface area contributed by atoms with Gasteiger partial charge in [0.25, 0.3) is 5.91 Å². The first kappa shape index (κ1) is 23.2. The van der Waals surface area contributed by atoms with E-state index < -0.39 is 11.1 Å². The summed E-state index contributed by atoms with van der Waals surface area (Å²) in [5.74, 6) is 0.0579. The lowest BCUT2D eigenvalue weighted by Crippen LogP contribution is -2.13. The first-order chi connectivity index (χ1) is 16.4. The molecule has 0 aliphatic heterocycles. The van der Waals surface area contributed by atoms with E-state index in [4.69, 9.17) is 0 Å². The van der Waals surface area contributed by atoms with Crippen LogP contribution >= 0.6 is 0 Å². The number of hydrogen-bond donors (Lipinski definition) is 2. The molecule has 2 aromatic carbocycles. The van der Waals surface area contributed by atoms with Gasteiger partial charge in [-0.3, -0.25) is 14.0 Å². The lowest BCUT2D eigenvalue weighted by atomic mass is 10.1. The van der Waals surface area contributed by atoms with E-state index in [0.29, 0.717) is 22.8 Å². The molecule has 0 aliphatic rings. The van der Waals surface area contributed by atoms with Crippen LogP contribution in [0.5, 0.6) is 0 Å². The maximum atomic E-state index is 12.8. The highest BCUT2D eigenvalue weighted by Crippen LogP contribution is 2.25. The Bertz CT molecular complexity index is 1360. The lowest BCUT2D eigenvalue weighted by Gasteiger charge is -2.13. The molecular formula is C25H22N5O3S-. The van der Waals surface area contributed by atoms with Crippen LogP contribution in [-0.4, -0.2) is 29.6 Å². The molecule has 0 spiro atoms. The van der Waals surface area contributed by atoms with Crippen LogP contribution < -0.4 is 10.6 Å². The molecule has 0 fully saturated rings. The summed E-state index contributed by atoms with van der Waals surface area (Å²) < 4.78 is 21.9. The zero-order valence-electron chi connectivity index (χ0n) is 18.6. The van der Waals surface area contributed by atoms with E-state index in [2.05, 4.69) is 25.6 Å². The Morgan fingerprint density at radius 1 is 1.03 bits per heavy atom. The molecule has 8 nitrogen and oxygen atoms in total. The van der Waals surface area contributed by atoms with Crippen molar-refractivity contribution in [2.75, 3.05) is 10.6 Å². The van der Waals surface area contributed by atoms with Gasteiger partial charge in [-0.25, -0.2) is 9.97 Å². The molecule has 1 amide bonds. The van der Waals surface area contributed by atoms with Gasteiger partial charge in [-0.05, 0) is 73.0 Å². The summed E-state index contributed by atoms with van der Waals surface area (Å²) in [7, 11) is 0. The van der Waals surface area contributed by atoms with Crippen LogP contribution in [0.2, 0.25) is 0 Å². The van der Waals surface area contributed by atoms with Gasteiger partial charge in [0.05, 0.1) is 5.69 Å². The second-order valence-corrected chi connectivity index (χ2v) is 8.60. The minimum Gasteiger partial charge on any atom is -0.772 e. The molecule has 0 aliphatic carbocycles.